The van der Waals surface area contributed by atoms with E-state index >= 15 is 0 Å². The monoisotopic (exact) mass is 328 g/mol. The summed E-state index contributed by atoms with van der Waals surface area (Å²) in [5.74, 6) is 0. The first-order chi connectivity index (χ1) is 11.6. The quantitative estimate of drug-likeness (QED) is 0.902. The Balaban J connectivity index is 1.61. The van der Waals surface area contributed by atoms with Gasteiger partial charge in [-0.2, -0.15) is 5.26 Å². The molecule has 0 aromatic heterocycles. The van der Waals surface area contributed by atoms with Crippen LogP contribution in [0.2, 0.25) is 0 Å². The van der Waals surface area contributed by atoms with E-state index in [1.165, 1.54) is 17.5 Å². The molecule has 24 heavy (non-hydrogen) atoms. The zero-order chi connectivity index (χ0) is 17.0. The van der Waals surface area contributed by atoms with Crippen LogP contribution >= 0.6 is 0 Å². The Morgan fingerprint density at radius 3 is 2.71 bits per heavy atom. The van der Waals surface area contributed by atoms with Crippen molar-refractivity contribution in [1.29, 1.82) is 5.26 Å². The molecule has 2 heterocycles. The largest absolute Gasteiger partial charge is 0.392 e. The van der Waals surface area contributed by atoms with E-state index in [-0.39, 0.29) is 0 Å². The van der Waals surface area contributed by atoms with Crippen LogP contribution in [0, 0.1) is 23.7 Å². The third kappa shape index (κ3) is 3.97. The first kappa shape index (κ1) is 17.4. The van der Waals surface area contributed by atoms with Crippen LogP contribution in [0.3, 0.4) is 0 Å². The smallest absolute Gasteiger partial charge is 0.0692 e. The van der Waals surface area contributed by atoms with Gasteiger partial charge in [0, 0.05) is 25.8 Å². The van der Waals surface area contributed by atoms with Gasteiger partial charge in [-0.15, -0.1) is 0 Å². The third-order valence-electron chi connectivity index (χ3n) is 5.58. The maximum absolute atomic E-state index is 10.6. The highest BCUT2D eigenvalue weighted by Gasteiger charge is 2.36. The first-order valence-corrected chi connectivity index (χ1v) is 9.10. The molecular formula is C20H28N2O2. The molecule has 0 radical (unpaired) electrons. The summed E-state index contributed by atoms with van der Waals surface area (Å²) in [5.41, 5.74) is 2.21. The van der Waals surface area contributed by atoms with Gasteiger partial charge in [-0.05, 0) is 51.1 Å². The summed E-state index contributed by atoms with van der Waals surface area (Å²) in [4.78, 5) is 2.39. The van der Waals surface area contributed by atoms with Crippen LogP contribution in [-0.2, 0) is 4.74 Å². The van der Waals surface area contributed by atoms with E-state index in [1.54, 1.807) is 0 Å². The molecule has 2 aliphatic heterocycles. The Bertz CT molecular complexity index is 572. The van der Waals surface area contributed by atoms with Crippen LogP contribution in [0.4, 0.5) is 0 Å². The lowest BCUT2D eigenvalue weighted by molar-refractivity contribution is 0.00507. The number of nitrogens with zero attached hydrogens (tertiary/aromatic N) is 2. The van der Waals surface area contributed by atoms with E-state index in [9.17, 15) is 10.4 Å². The van der Waals surface area contributed by atoms with Gasteiger partial charge in [-0.25, -0.2) is 0 Å². The number of benzene rings is 1. The molecule has 2 saturated heterocycles. The number of β-amino-alcohol motifs (C(OH)–C–C–N with tert-alkyl or cyclic N) is 1. The van der Waals surface area contributed by atoms with Gasteiger partial charge < -0.3 is 9.84 Å². The lowest BCUT2D eigenvalue weighted by Crippen LogP contribution is -2.38. The molecule has 4 heteroatoms. The Morgan fingerprint density at radius 2 is 2.04 bits per heavy atom. The number of nitriles is 1. The van der Waals surface area contributed by atoms with Gasteiger partial charge in [0.25, 0.3) is 0 Å². The Morgan fingerprint density at radius 1 is 1.33 bits per heavy atom. The highest BCUT2D eigenvalue weighted by atomic mass is 16.5. The fourth-order valence-electron chi connectivity index (χ4n) is 4.12. The number of hydrogen-bond acceptors (Lipinski definition) is 4. The molecule has 2 atom stereocenters. The van der Waals surface area contributed by atoms with Gasteiger partial charge in [0.1, 0.15) is 0 Å². The molecule has 1 N–H and O–H groups in total. The van der Waals surface area contributed by atoms with Gasteiger partial charge in [-0.1, -0.05) is 29.8 Å². The topological polar surface area (TPSA) is 56.5 Å². The Hall–Kier alpha value is -1.41. The van der Waals surface area contributed by atoms with Crippen molar-refractivity contribution in [2.45, 2.75) is 51.2 Å². The molecule has 0 spiro atoms. The molecule has 1 aromatic carbocycles. The predicted octanol–water partition coefficient (Wildman–Crippen LogP) is 3.20. The van der Waals surface area contributed by atoms with E-state index in [2.05, 4.69) is 42.2 Å². The van der Waals surface area contributed by atoms with Crippen molar-refractivity contribution in [3.8, 4) is 6.07 Å². The molecule has 2 aliphatic rings. The van der Waals surface area contributed by atoms with E-state index in [0.717, 1.165) is 25.8 Å². The van der Waals surface area contributed by atoms with Crippen LogP contribution in [0.15, 0.2) is 24.3 Å². The second-order valence-corrected chi connectivity index (χ2v) is 7.43. The predicted molar refractivity (Wildman–Crippen MR) is 93.4 cm³/mol. The van der Waals surface area contributed by atoms with E-state index in [4.69, 9.17) is 4.74 Å². The van der Waals surface area contributed by atoms with Crippen molar-refractivity contribution in [3.63, 3.8) is 0 Å². The maximum Gasteiger partial charge on any atom is 0.0692 e. The number of aliphatic hydroxyl groups is 1. The van der Waals surface area contributed by atoms with Crippen molar-refractivity contribution < 1.29 is 9.84 Å². The summed E-state index contributed by atoms with van der Waals surface area (Å²) in [6, 6.07) is 11.6. The van der Waals surface area contributed by atoms with Crippen LogP contribution in [0.25, 0.3) is 0 Å². The van der Waals surface area contributed by atoms with Crippen molar-refractivity contribution >= 4 is 0 Å². The summed E-state index contributed by atoms with van der Waals surface area (Å²) in [7, 11) is 0. The molecule has 2 fully saturated rings. The minimum atomic E-state index is -0.450. The van der Waals surface area contributed by atoms with Gasteiger partial charge in [-0.3, -0.25) is 4.90 Å². The molecule has 3 rings (SSSR count). The van der Waals surface area contributed by atoms with Gasteiger partial charge >= 0.3 is 0 Å². The zero-order valence-electron chi connectivity index (χ0n) is 14.6. The summed E-state index contributed by atoms with van der Waals surface area (Å²) >= 11 is 0. The van der Waals surface area contributed by atoms with Crippen molar-refractivity contribution in [2.75, 3.05) is 26.3 Å². The second-order valence-electron chi connectivity index (χ2n) is 7.43. The fourth-order valence-corrected chi connectivity index (χ4v) is 4.12. The standard InChI is InChI=1S/C20H28N2O2/c1-16-4-6-17(7-5-16)19-3-2-10-22(19)14-18(23)13-20(15-21)8-11-24-12-9-20/h4-7,18-19,23H,2-3,8-14H2,1H3. The minimum Gasteiger partial charge on any atom is -0.392 e. The highest BCUT2D eigenvalue weighted by molar-refractivity contribution is 5.25. The Labute approximate surface area is 145 Å². The minimum absolute atomic E-state index is 0.396. The van der Waals surface area contributed by atoms with Crippen LogP contribution in [0.5, 0.6) is 0 Å². The molecule has 130 valence electrons. The number of aliphatic hydroxyl groups excluding tert-OH is 1. The molecule has 0 amide bonds. The highest BCUT2D eigenvalue weighted by Crippen LogP contribution is 2.36. The molecular weight excluding hydrogens is 300 g/mol. The van der Waals surface area contributed by atoms with Crippen molar-refractivity contribution in [3.05, 3.63) is 35.4 Å². The zero-order valence-corrected chi connectivity index (χ0v) is 14.6. The third-order valence-corrected chi connectivity index (χ3v) is 5.58. The average Bonchev–Trinajstić information content (AvgIpc) is 3.04. The van der Waals surface area contributed by atoms with E-state index in [0.29, 0.717) is 32.2 Å². The maximum atomic E-state index is 10.6. The van der Waals surface area contributed by atoms with Gasteiger partial charge in [0.15, 0.2) is 0 Å². The number of likely N-dealkylation sites (tertiary alicyclic amines) is 1. The SMILES string of the molecule is Cc1ccc(C2CCCN2CC(O)CC2(C#N)CCOCC2)cc1. The first-order valence-electron chi connectivity index (χ1n) is 9.10. The normalized spacial score (nSPS) is 25.3. The van der Waals surface area contributed by atoms with Crippen LogP contribution < -0.4 is 0 Å². The fraction of sp³-hybridized carbons (Fsp3) is 0.650. The number of hydrogen-bond donors (Lipinski definition) is 1. The number of aryl methyl sites for hydroxylation is 1. The van der Waals surface area contributed by atoms with Crippen molar-refractivity contribution in [1.82, 2.24) is 4.90 Å². The molecule has 1 aromatic rings. The lowest BCUT2D eigenvalue weighted by atomic mass is 9.77. The summed E-state index contributed by atoms with van der Waals surface area (Å²) in [5, 5.41) is 20.2. The number of ether oxygens (including phenoxy) is 1. The molecule has 0 bridgehead atoms. The average molecular weight is 328 g/mol. The molecule has 4 nitrogen and oxygen atoms in total. The van der Waals surface area contributed by atoms with Crippen molar-refractivity contribution in [2.24, 2.45) is 5.41 Å². The number of rotatable bonds is 5. The van der Waals surface area contributed by atoms with Crippen LogP contribution in [-0.4, -0.2) is 42.4 Å². The van der Waals surface area contributed by atoms with Gasteiger partial charge in [0.2, 0.25) is 0 Å². The van der Waals surface area contributed by atoms with E-state index in [1.807, 2.05) is 0 Å². The van der Waals surface area contributed by atoms with Gasteiger partial charge in [0.05, 0.1) is 17.6 Å². The summed E-state index contributed by atoms with van der Waals surface area (Å²) in [6.45, 7) is 5.06. The van der Waals surface area contributed by atoms with Crippen LogP contribution in [0.1, 0.15) is 49.3 Å². The second kappa shape index (κ2) is 7.65. The lowest BCUT2D eigenvalue weighted by Gasteiger charge is -2.34. The Kier molecular flexibility index (Phi) is 5.55. The summed E-state index contributed by atoms with van der Waals surface area (Å²) in [6.07, 6.45) is 3.90. The molecule has 2 unspecified atom stereocenters. The molecule has 0 saturated carbocycles. The summed E-state index contributed by atoms with van der Waals surface area (Å²) < 4.78 is 5.38. The van der Waals surface area contributed by atoms with E-state index < -0.39 is 11.5 Å². The molecule has 0 aliphatic carbocycles.